The predicted molar refractivity (Wildman–Crippen MR) is 141 cm³/mol. The zero-order valence-corrected chi connectivity index (χ0v) is 22.3. The summed E-state index contributed by atoms with van der Waals surface area (Å²) in [6, 6.07) is 15.4. The minimum atomic E-state index is -1.10. The molecule has 7 nitrogen and oxygen atoms in total. The first-order valence-electron chi connectivity index (χ1n) is 11.9. The van der Waals surface area contributed by atoms with Gasteiger partial charge in [-0.25, -0.2) is 8.78 Å². The van der Waals surface area contributed by atoms with E-state index in [9.17, 15) is 18.4 Å². The number of hydrogen-bond donors (Lipinski definition) is 1. The Morgan fingerprint density at radius 2 is 1.53 bits per heavy atom. The Bertz CT molecular complexity index is 1230. The molecule has 1 amide bonds. The first-order chi connectivity index (χ1) is 18.1. The summed E-state index contributed by atoms with van der Waals surface area (Å²) in [6.07, 6.45) is 1.74. The predicted octanol–water partition coefficient (Wildman–Crippen LogP) is 4.53. The lowest BCUT2D eigenvalue weighted by atomic mass is 9.97. The van der Waals surface area contributed by atoms with E-state index in [1.54, 1.807) is 14.2 Å². The van der Waals surface area contributed by atoms with Crippen molar-refractivity contribution in [3.63, 3.8) is 0 Å². The number of ether oxygens (including phenoxy) is 3. The Morgan fingerprint density at radius 3 is 2.05 bits per heavy atom. The lowest BCUT2D eigenvalue weighted by Gasteiger charge is -2.19. The smallest absolute Gasteiger partial charge is 0.305 e. The fraction of sp³-hybridized carbons (Fsp3) is 0.310. The number of benzene rings is 3. The van der Waals surface area contributed by atoms with Crippen molar-refractivity contribution in [3.05, 3.63) is 94.0 Å². The van der Waals surface area contributed by atoms with Crippen LogP contribution in [0.5, 0.6) is 11.5 Å². The van der Waals surface area contributed by atoms with Crippen LogP contribution in [-0.4, -0.2) is 52.2 Å². The molecule has 0 aliphatic rings. The van der Waals surface area contributed by atoms with E-state index in [1.807, 2.05) is 38.4 Å². The van der Waals surface area contributed by atoms with Crippen LogP contribution in [0.2, 0.25) is 0 Å². The van der Waals surface area contributed by atoms with Gasteiger partial charge in [-0.1, -0.05) is 36.4 Å². The molecule has 0 aromatic heterocycles. The average molecular weight is 529 g/mol. The van der Waals surface area contributed by atoms with Crippen molar-refractivity contribution < 1.29 is 32.6 Å². The molecule has 0 radical (unpaired) electrons. The molecule has 3 aromatic carbocycles. The number of nitrogens with two attached hydrogens (primary N) is 1. The summed E-state index contributed by atoms with van der Waals surface area (Å²) in [5.41, 5.74) is 8.43. The molecule has 3 rings (SSSR count). The van der Waals surface area contributed by atoms with Crippen LogP contribution < -0.4 is 15.2 Å². The molecule has 0 atom stereocenters. The molecule has 0 fully saturated rings. The topological polar surface area (TPSA) is 91.1 Å². The SMILES string of the molecule is COC(=O)CCc1cccc(Cc2c(OC)ccc(CN(C)C)c2OC)c1.NC(=O)c1c(F)cccc1F. The molecule has 0 unspecified atom stereocenters. The molecule has 0 heterocycles. The first kappa shape index (κ1) is 30.2. The zero-order valence-electron chi connectivity index (χ0n) is 22.3. The Balaban J connectivity index is 0.000000384. The Kier molecular flexibility index (Phi) is 11.7. The summed E-state index contributed by atoms with van der Waals surface area (Å²) in [5.74, 6) is -1.48. The van der Waals surface area contributed by atoms with Crippen LogP contribution in [0.3, 0.4) is 0 Å². The Hall–Kier alpha value is -3.98. The number of carbonyl (C=O) groups is 2. The van der Waals surface area contributed by atoms with Crippen LogP contribution in [0.1, 0.15) is 39.0 Å². The summed E-state index contributed by atoms with van der Waals surface area (Å²) in [6.45, 7) is 0.791. The quantitative estimate of drug-likeness (QED) is 0.389. The molecule has 2 N–H and O–H groups in total. The van der Waals surface area contributed by atoms with E-state index in [1.165, 1.54) is 7.11 Å². The summed E-state index contributed by atoms with van der Waals surface area (Å²) < 4.78 is 41.2. The van der Waals surface area contributed by atoms with Gasteiger partial charge in [-0.3, -0.25) is 9.59 Å². The number of amides is 1. The van der Waals surface area contributed by atoms with Crippen molar-refractivity contribution in [1.29, 1.82) is 0 Å². The fourth-order valence-electron chi connectivity index (χ4n) is 3.92. The van der Waals surface area contributed by atoms with E-state index in [0.29, 0.717) is 19.3 Å². The third-order valence-electron chi connectivity index (χ3n) is 5.64. The van der Waals surface area contributed by atoms with E-state index < -0.39 is 23.1 Å². The first-order valence-corrected chi connectivity index (χ1v) is 11.9. The van der Waals surface area contributed by atoms with Crippen molar-refractivity contribution >= 4 is 11.9 Å². The van der Waals surface area contributed by atoms with Gasteiger partial charge in [0.15, 0.2) is 0 Å². The maximum atomic E-state index is 12.6. The van der Waals surface area contributed by atoms with Crippen molar-refractivity contribution in [2.24, 2.45) is 5.73 Å². The van der Waals surface area contributed by atoms with Crippen molar-refractivity contribution in [1.82, 2.24) is 4.90 Å². The molecule has 0 bridgehead atoms. The second kappa shape index (κ2) is 14.7. The molecule has 0 spiro atoms. The standard InChI is InChI=1S/C22H29NO4.C7H5F2NO/c1-23(2)15-18-10-11-20(25-3)19(22(18)27-5)14-17-8-6-7-16(13-17)9-12-21(24)26-4;8-4-2-1-3-5(9)6(4)7(10)11/h6-8,10-11,13H,9,12,14-15H2,1-5H3;1-3H,(H2,10,11). The van der Waals surface area contributed by atoms with Crippen LogP contribution in [0.4, 0.5) is 8.78 Å². The number of nitrogens with zero attached hydrogens (tertiary/aromatic N) is 1. The highest BCUT2D eigenvalue weighted by Gasteiger charge is 2.16. The molecular weight excluding hydrogens is 494 g/mol. The van der Waals surface area contributed by atoms with Crippen molar-refractivity contribution in [2.45, 2.75) is 25.8 Å². The van der Waals surface area contributed by atoms with Gasteiger partial charge >= 0.3 is 5.97 Å². The van der Waals surface area contributed by atoms with Crippen LogP contribution in [0.15, 0.2) is 54.6 Å². The fourth-order valence-corrected chi connectivity index (χ4v) is 3.92. The van der Waals surface area contributed by atoms with E-state index >= 15 is 0 Å². The number of primary amides is 1. The molecular formula is C29H34F2N2O5. The molecule has 0 saturated carbocycles. The van der Waals surface area contributed by atoms with Crippen molar-refractivity contribution in [2.75, 3.05) is 35.4 Å². The van der Waals surface area contributed by atoms with E-state index in [-0.39, 0.29) is 5.97 Å². The second-order valence-electron chi connectivity index (χ2n) is 8.71. The van der Waals surface area contributed by atoms with Gasteiger partial charge < -0.3 is 24.8 Å². The highest BCUT2D eigenvalue weighted by atomic mass is 19.1. The number of methoxy groups -OCH3 is 3. The molecule has 9 heteroatoms. The number of esters is 1. The Morgan fingerprint density at radius 1 is 0.895 bits per heavy atom. The highest BCUT2D eigenvalue weighted by Crippen LogP contribution is 2.35. The third-order valence-corrected chi connectivity index (χ3v) is 5.64. The summed E-state index contributed by atoms with van der Waals surface area (Å²) in [7, 11) is 8.86. The van der Waals surface area contributed by atoms with Crippen LogP contribution >= 0.6 is 0 Å². The normalized spacial score (nSPS) is 10.4. The summed E-state index contributed by atoms with van der Waals surface area (Å²) in [4.78, 5) is 23.9. The molecule has 38 heavy (non-hydrogen) atoms. The van der Waals surface area contributed by atoms with Crippen LogP contribution in [-0.2, 0) is 28.9 Å². The minimum Gasteiger partial charge on any atom is -0.496 e. The van der Waals surface area contributed by atoms with E-state index in [4.69, 9.17) is 19.9 Å². The number of aryl methyl sites for hydroxylation is 1. The zero-order chi connectivity index (χ0) is 28.2. The van der Waals surface area contributed by atoms with Gasteiger partial charge in [0.2, 0.25) is 0 Å². The largest absolute Gasteiger partial charge is 0.496 e. The van der Waals surface area contributed by atoms with Crippen molar-refractivity contribution in [3.8, 4) is 11.5 Å². The molecule has 3 aromatic rings. The molecule has 204 valence electrons. The lowest BCUT2D eigenvalue weighted by Crippen LogP contribution is -2.15. The van der Waals surface area contributed by atoms with Crippen LogP contribution in [0, 0.1) is 11.6 Å². The number of carbonyl (C=O) groups excluding carboxylic acids is 2. The maximum Gasteiger partial charge on any atom is 0.305 e. The number of hydrogen-bond acceptors (Lipinski definition) is 6. The van der Waals surface area contributed by atoms with Gasteiger partial charge in [-0.05, 0) is 49.8 Å². The second-order valence-corrected chi connectivity index (χ2v) is 8.71. The average Bonchev–Trinajstić information content (AvgIpc) is 2.87. The van der Waals surface area contributed by atoms with Gasteiger partial charge in [-0.2, -0.15) is 0 Å². The molecule has 0 aliphatic heterocycles. The van der Waals surface area contributed by atoms with Gasteiger partial charge in [0.25, 0.3) is 5.91 Å². The lowest BCUT2D eigenvalue weighted by molar-refractivity contribution is -0.140. The van der Waals surface area contributed by atoms with Gasteiger partial charge in [-0.15, -0.1) is 0 Å². The highest BCUT2D eigenvalue weighted by molar-refractivity contribution is 5.93. The summed E-state index contributed by atoms with van der Waals surface area (Å²) >= 11 is 0. The van der Waals surface area contributed by atoms with E-state index in [2.05, 4.69) is 17.0 Å². The Labute approximate surface area is 222 Å². The minimum absolute atomic E-state index is 0.194. The third kappa shape index (κ3) is 8.55. The van der Waals surface area contributed by atoms with Crippen LogP contribution in [0.25, 0.3) is 0 Å². The number of halogens is 2. The van der Waals surface area contributed by atoms with Gasteiger partial charge in [0, 0.05) is 30.5 Å². The van der Waals surface area contributed by atoms with Gasteiger partial charge in [0.05, 0.1) is 21.3 Å². The van der Waals surface area contributed by atoms with Gasteiger partial charge in [0.1, 0.15) is 28.7 Å². The monoisotopic (exact) mass is 528 g/mol. The molecule has 0 aliphatic carbocycles. The summed E-state index contributed by atoms with van der Waals surface area (Å²) in [5, 5.41) is 0. The maximum absolute atomic E-state index is 12.6. The number of rotatable bonds is 10. The van der Waals surface area contributed by atoms with E-state index in [0.717, 1.165) is 58.5 Å². The molecule has 0 saturated heterocycles.